The second-order valence-corrected chi connectivity index (χ2v) is 5.40. The van der Waals surface area contributed by atoms with Crippen LogP contribution in [0.2, 0.25) is 0 Å². The molecule has 0 heterocycles. The molecule has 13 heavy (non-hydrogen) atoms. The Balaban J connectivity index is 2.33. The van der Waals surface area contributed by atoms with E-state index in [1.165, 1.54) is 0 Å². The van der Waals surface area contributed by atoms with Crippen molar-refractivity contribution in [2.24, 2.45) is 23.2 Å². The van der Waals surface area contributed by atoms with Gasteiger partial charge >= 0.3 is 0 Å². The van der Waals surface area contributed by atoms with Gasteiger partial charge in [0.1, 0.15) is 5.78 Å². The Hall–Kier alpha value is -0.370. The summed E-state index contributed by atoms with van der Waals surface area (Å²) in [7, 11) is 0. The van der Waals surface area contributed by atoms with Gasteiger partial charge < -0.3 is 5.11 Å². The molecule has 3 aliphatic rings. The number of ketones is 1. The first-order valence-corrected chi connectivity index (χ1v) is 5.15. The van der Waals surface area contributed by atoms with Crippen molar-refractivity contribution in [3.8, 4) is 0 Å². The third-order valence-electron chi connectivity index (χ3n) is 4.13. The molecular formula is C11H18O2. The van der Waals surface area contributed by atoms with Gasteiger partial charge in [0, 0.05) is 11.8 Å². The second-order valence-electron chi connectivity index (χ2n) is 5.40. The highest BCUT2D eigenvalue weighted by Gasteiger charge is 2.53. The predicted molar refractivity (Wildman–Crippen MR) is 50.2 cm³/mol. The summed E-state index contributed by atoms with van der Waals surface area (Å²) in [6.45, 7) is 6.46. The third kappa shape index (κ3) is 1.15. The van der Waals surface area contributed by atoms with Crippen LogP contribution < -0.4 is 0 Å². The van der Waals surface area contributed by atoms with Crippen LogP contribution in [0.5, 0.6) is 0 Å². The first kappa shape index (κ1) is 9.20. The molecule has 1 N–H and O–H groups in total. The second kappa shape index (κ2) is 2.57. The lowest BCUT2D eigenvalue weighted by atomic mass is 9.52. The number of hydrogen-bond acceptors (Lipinski definition) is 2. The standard InChI is InChI=1S/C11H18O2/c1-6-8-4-9(12)7(10(6)13)5-11(8,2)3/h6-9,12H,4-5H2,1-3H3/t6-,7+,8+,9-/m1/s1. The summed E-state index contributed by atoms with van der Waals surface area (Å²) >= 11 is 0. The average Bonchev–Trinajstić information content (AvgIpc) is 2.03. The zero-order valence-electron chi connectivity index (χ0n) is 8.58. The number of Topliss-reactive ketones (excluding diaryl/α,β-unsaturated/α-hetero) is 1. The van der Waals surface area contributed by atoms with E-state index in [2.05, 4.69) is 13.8 Å². The van der Waals surface area contributed by atoms with Gasteiger partial charge in [-0.15, -0.1) is 0 Å². The molecule has 3 fully saturated rings. The molecule has 0 unspecified atom stereocenters. The molecular weight excluding hydrogens is 164 g/mol. The summed E-state index contributed by atoms with van der Waals surface area (Å²) in [5, 5.41) is 9.70. The van der Waals surface area contributed by atoms with Crippen molar-refractivity contribution in [3.63, 3.8) is 0 Å². The monoisotopic (exact) mass is 182 g/mol. The van der Waals surface area contributed by atoms with Crippen molar-refractivity contribution in [1.82, 2.24) is 0 Å². The highest BCUT2D eigenvalue weighted by atomic mass is 16.3. The van der Waals surface area contributed by atoms with Crippen LogP contribution in [0.3, 0.4) is 0 Å². The van der Waals surface area contributed by atoms with Gasteiger partial charge in [-0.2, -0.15) is 0 Å². The fraction of sp³-hybridized carbons (Fsp3) is 0.909. The molecule has 0 aliphatic heterocycles. The zero-order valence-corrected chi connectivity index (χ0v) is 8.58. The van der Waals surface area contributed by atoms with E-state index < -0.39 is 0 Å². The number of aliphatic hydroxyl groups excluding tert-OH is 1. The SMILES string of the molecule is C[C@H]1C(=O)[C@H]2CC(C)(C)[C@H]1C[C@H]2O. The van der Waals surface area contributed by atoms with Crippen LogP contribution in [0, 0.1) is 23.2 Å². The smallest absolute Gasteiger partial charge is 0.141 e. The fourth-order valence-electron chi connectivity index (χ4n) is 3.30. The molecule has 0 aromatic heterocycles. The van der Waals surface area contributed by atoms with E-state index in [0.717, 1.165) is 12.8 Å². The van der Waals surface area contributed by atoms with Gasteiger partial charge in [-0.25, -0.2) is 0 Å². The molecule has 0 amide bonds. The van der Waals surface area contributed by atoms with Gasteiger partial charge in [0.25, 0.3) is 0 Å². The lowest BCUT2D eigenvalue weighted by molar-refractivity contribution is -0.155. The highest BCUT2D eigenvalue weighted by Crippen LogP contribution is 2.52. The van der Waals surface area contributed by atoms with Crippen molar-refractivity contribution in [1.29, 1.82) is 0 Å². The maximum Gasteiger partial charge on any atom is 0.141 e. The molecule has 2 heteroatoms. The van der Waals surface area contributed by atoms with E-state index in [0.29, 0.717) is 11.7 Å². The summed E-state index contributed by atoms with van der Waals surface area (Å²) < 4.78 is 0. The van der Waals surface area contributed by atoms with Crippen molar-refractivity contribution in [2.45, 2.75) is 39.7 Å². The van der Waals surface area contributed by atoms with Crippen molar-refractivity contribution in [2.75, 3.05) is 0 Å². The maximum absolute atomic E-state index is 11.7. The Morgan fingerprint density at radius 1 is 1.46 bits per heavy atom. The number of carbonyl (C=O) groups excluding carboxylic acids is 1. The van der Waals surface area contributed by atoms with Gasteiger partial charge in [0.2, 0.25) is 0 Å². The molecule has 0 saturated heterocycles. The predicted octanol–water partition coefficient (Wildman–Crippen LogP) is 1.62. The Kier molecular flexibility index (Phi) is 1.82. The number of rotatable bonds is 0. The normalized spacial score (nSPS) is 48.2. The maximum atomic E-state index is 11.7. The van der Waals surface area contributed by atoms with Crippen LogP contribution in [0.4, 0.5) is 0 Å². The van der Waals surface area contributed by atoms with Crippen LogP contribution in [-0.2, 0) is 4.79 Å². The van der Waals surface area contributed by atoms with Crippen LogP contribution in [-0.4, -0.2) is 17.0 Å². The molecule has 0 radical (unpaired) electrons. The summed E-state index contributed by atoms with van der Waals surface area (Å²) in [4.78, 5) is 11.7. The van der Waals surface area contributed by atoms with Gasteiger partial charge in [-0.05, 0) is 24.2 Å². The lowest BCUT2D eigenvalue weighted by Crippen LogP contribution is -2.54. The average molecular weight is 182 g/mol. The van der Waals surface area contributed by atoms with Crippen LogP contribution >= 0.6 is 0 Å². The number of carbonyl (C=O) groups is 1. The quantitative estimate of drug-likeness (QED) is 0.618. The van der Waals surface area contributed by atoms with E-state index in [4.69, 9.17) is 0 Å². The number of fused-ring (bicyclic) bond motifs is 3. The Morgan fingerprint density at radius 3 is 2.62 bits per heavy atom. The fourth-order valence-corrected chi connectivity index (χ4v) is 3.30. The van der Waals surface area contributed by atoms with Crippen LogP contribution in [0.15, 0.2) is 0 Å². The number of hydrogen-bond donors (Lipinski definition) is 1. The molecule has 2 bridgehead atoms. The molecule has 3 saturated carbocycles. The minimum absolute atomic E-state index is 0.0741. The number of aliphatic hydroxyl groups is 1. The van der Waals surface area contributed by atoms with E-state index in [9.17, 15) is 9.90 Å². The van der Waals surface area contributed by atoms with E-state index >= 15 is 0 Å². The Labute approximate surface area is 79.3 Å². The van der Waals surface area contributed by atoms with Gasteiger partial charge in [0.05, 0.1) is 6.10 Å². The molecule has 74 valence electrons. The Morgan fingerprint density at radius 2 is 2.08 bits per heavy atom. The van der Waals surface area contributed by atoms with Crippen molar-refractivity contribution < 1.29 is 9.90 Å². The molecule has 3 aliphatic carbocycles. The first-order valence-electron chi connectivity index (χ1n) is 5.15. The first-order chi connectivity index (χ1) is 5.93. The topological polar surface area (TPSA) is 37.3 Å². The summed E-state index contributed by atoms with van der Waals surface area (Å²) in [6, 6.07) is 0. The summed E-state index contributed by atoms with van der Waals surface area (Å²) in [5.74, 6) is 0.773. The largest absolute Gasteiger partial charge is 0.392 e. The zero-order chi connectivity index (χ0) is 9.80. The molecule has 4 atom stereocenters. The van der Waals surface area contributed by atoms with Crippen molar-refractivity contribution >= 4 is 5.78 Å². The van der Waals surface area contributed by atoms with E-state index in [-0.39, 0.29) is 23.4 Å². The molecule has 3 rings (SSSR count). The minimum atomic E-state index is -0.360. The Bertz CT molecular complexity index is 244. The molecule has 0 aromatic rings. The summed E-state index contributed by atoms with van der Waals surface area (Å²) in [6.07, 6.45) is 1.34. The van der Waals surface area contributed by atoms with E-state index in [1.807, 2.05) is 6.92 Å². The molecule has 2 nitrogen and oxygen atoms in total. The minimum Gasteiger partial charge on any atom is -0.392 e. The van der Waals surface area contributed by atoms with Crippen LogP contribution in [0.25, 0.3) is 0 Å². The molecule has 0 spiro atoms. The highest BCUT2D eigenvalue weighted by molar-refractivity contribution is 5.86. The third-order valence-corrected chi connectivity index (χ3v) is 4.13. The van der Waals surface area contributed by atoms with Crippen molar-refractivity contribution in [3.05, 3.63) is 0 Å². The van der Waals surface area contributed by atoms with E-state index in [1.54, 1.807) is 0 Å². The lowest BCUT2D eigenvalue weighted by Gasteiger charge is -2.52. The summed E-state index contributed by atoms with van der Waals surface area (Å²) in [5.41, 5.74) is 0.247. The van der Waals surface area contributed by atoms with Gasteiger partial charge in [-0.3, -0.25) is 4.79 Å². The van der Waals surface area contributed by atoms with Gasteiger partial charge in [0.15, 0.2) is 0 Å². The molecule has 0 aromatic carbocycles. The van der Waals surface area contributed by atoms with Gasteiger partial charge in [-0.1, -0.05) is 20.8 Å². The van der Waals surface area contributed by atoms with Crippen LogP contribution in [0.1, 0.15) is 33.6 Å².